The molecule has 0 spiro atoms. The Hall–Kier alpha value is -2.62. The molecule has 2 aromatic carbocycles. The Morgan fingerprint density at radius 1 is 1.15 bits per heavy atom. The number of rotatable bonds is 4. The predicted octanol–water partition coefficient (Wildman–Crippen LogP) is 3.35. The van der Waals surface area contributed by atoms with Gasteiger partial charge in [-0.15, -0.1) is 0 Å². The standard InChI is InChI=1S/C16H13FO3/c1-20-14-4-2-3-12(9-14)15(10-16(18)19)11-5-7-13(17)8-6-11/h2-10H,1H3,(H,18,19)/b15-10-. The minimum Gasteiger partial charge on any atom is -0.497 e. The summed E-state index contributed by atoms with van der Waals surface area (Å²) in [6.07, 6.45) is 1.10. The van der Waals surface area contributed by atoms with Crippen molar-refractivity contribution in [3.8, 4) is 5.75 Å². The van der Waals surface area contributed by atoms with Gasteiger partial charge in [-0.2, -0.15) is 0 Å². The molecule has 0 aliphatic heterocycles. The number of hydrogen-bond acceptors (Lipinski definition) is 2. The van der Waals surface area contributed by atoms with Crippen LogP contribution in [0.15, 0.2) is 54.6 Å². The Balaban J connectivity index is 2.52. The summed E-state index contributed by atoms with van der Waals surface area (Å²) in [7, 11) is 1.54. The van der Waals surface area contributed by atoms with Crippen molar-refractivity contribution in [2.45, 2.75) is 0 Å². The highest BCUT2D eigenvalue weighted by Gasteiger charge is 2.08. The smallest absolute Gasteiger partial charge is 0.328 e. The zero-order valence-electron chi connectivity index (χ0n) is 10.8. The van der Waals surface area contributed by atoms with Crippen LogP contribution in [0.25, 0.3) is 5.57 Å². The van der Waals surface area contributed by atoms with Crippen LogP contribution < -0.4 is 4.74 Å². The van der Waals surface area contributed by atoms with E-state index in [1.54, 1.807) is 36.4 Å². The summed E-state index contributed by atoms with van der Waals surface area (Å²) in [5, 5.41) is 9.01. The molecule has 0 aliphatic carbocycles. The highest BCUT2D eigenvalue weighted by molar-refractivity contribution is 5.95. The third-order valence-corrected chi connectivity index (χ3v) is 2.80. The number of halogens is 1. The molecular formula is C16H13FO3. The van der Waals surface area contributed by atoms with Crippen molar-refractivity contribution in [3.05, 3.63) is 71.6 Å². The fourth-order valence-corrected chi connectivity index (χ4v) is 1.88. The maximum Gasteiger partial charge on any atom is 0.328 e. The molecule has 0 radical (unpaired) electrons. The molecule has 0 saturated carbocycles. The van der Waals surface area contributed by atoms with Gasteiger partial charge < -0.3 is 9.84 Å². The van der Waals surface area contributed by atoms with Gasteiger partial charge in [0, 0.05) is 6.08 Å². The van der Waals surface area contributed by atoms with Crippen LogP contribution in [0.4, 0.5) is 4.39 Å². The van der Waals surface area contributed by atoms with E-state index in [1.807, 2.05) is 0 Å². The van der Waals surface area contributed by atoms with Crippen LogP contribution in [0.3, 0.4) is 0 Å². The van der Waals surface area contributed by atoms with Crippen LogP contribution >= 0.6 is 0 Å². The van der Waals surface area contributed by atoms with Gasteiger partial charge in [0.05, 0.1) is 7.11 Å². The number of carboxylic acid groups (broad SMARTS) is 1. The minimum absolute atomic E-state index is 0.367. The van der Waals surface area contributed by atoms with Crippen molar-refractivity contribution in [2.75, 3.05) is 7.11 Å². The number of carbonyl (C=O) groups is 1. The molecule has 0 saturated heterocycles. The molecule has 20 heavy (non-hydrogen) atoms. The quantitative estimate of drug-likeness (QED) is 0.868. The molecule has 102 valence electrons. The first-order valence-corrected chi connectivity index (χ1v) is 5.95. The second-order valence-corrected chi connectivity index (χ2v) is 4.14. The van der Waals surface area contributed by atoms with Crippen LogP contribution in [-0.4, -0.2) is 18.2 Å². The molecule has 0 aromatic heterocycles. The number of methoxy groups -OCH3 is 1. The van der Waals surface area contributed by atoms with E-state index in [0.717, 1.165) is 6.08 Å². The molecule has 3 nitrogen and oxygen atoms in total. The highest BCUT2D eigenvalue weighted by atomic mass is 19.1. The number of carboxylic acids is 1. The fraction of sp³-hybridized carbons (Fsp3) is 0.0625. The monoisotopic (exact) mass is 272 g/mol. The molecular weight excluding hydrogens is 259 g/mol. The van der Waals surface area contributed by atoms with Crippen molar-refractivity contribution in [1.82, 2.24) is 0 Å². The molecule has 0 fully saturated rings. The predicted molar refractivity (Wildman–Crippen MR) is 74.1 cm³/mol. The normalized spacial score (nSPS) is 11.2. The number of hydrogen-bond donors (Lipinski definition) is 1. The van der Waals surface area contributed by atoms with E-state index in [2.05, 4.69) is 0 Å². The third-order valence-electron chi connectivity index (χ3n) is 2.80. The lowest BCUT2D eigenvalue weighted by atomic mass is 9.97. The van der Waals surface area contributed by atoms with E-state index in [-0.39, 0.29) is 5.82 Å². The van der Waals surface area contributed by atoms with E-state index in [9.17, 15) is 9.18 Å². The molecule has 4 heteroatoms. The molecule has 2 rings (SSSR count). The average Bonchev–Trinajstić information content (AvgIpc) is 2.46. The van der Waals surface area contributed by atoms with Gasteiger partial charge in [0.15, 0.2) is 0 Å². The zero-order valence-corrected chi connectivity index (χ0v) is 10.8. The van der Waals surface area contributed by atoms with Crippen LogP contribution in [0, 0.1) is 5.82 Å². The van der Waals surface area contributed by atoms with Gasteiger partial charge in [0.2, 0.25) is 0 Å². The van der Waals surface area contributed by atoms with Crippen LogP contribution in [0.1, 0.15) is 11.1 Å². The summed E-state index contributed by atoms with van der Waals surface area (Å²) in [6, 6.07) is 12.7. The first kappa shape index (κ1) is 13.8. The fourth-order valence-electron chi connectivity index (χ4n) is 1.88. The Kier molecular flexibility index (Phi) is 4.15. The molecule has 0 atom stereocenters. The summed E-state index contributed by atoms with van der Waals surface area (Å²) in [5.41, 5.74) is 1.82. The SMILES string of the molecule is COc1cccc(/C(=C\C(=O)O)c2ccc(F)cc2)c1. The molecule has 1 N–H and O–H groups in total. The second kappa shape index (κ2) is 6.02. The second-order valence-electron chi connectivity index (χ2n) is 4.14. The molecule has 0 unspecified atom stereocenters. The lowest BCUT2D eigenvalue weighted by Crippen LogP contribution is -1.95. The molecule has 0 amide bonds. The lowest BCUT2D eigenvalue weighted by molar-refractivity contribution is -0.131. The van der Waals surface area contributed by atoms with Gasteiger partial charge in [-0.3, -0.25) is 0 Å². The minimum atomic E-state index is -1.06. The summed E-state index contributed by atoms with van der Waals surface area (Å²) in [5.74, 6) is -0.804. The van der Waals surface area contributed by atoms with Crippen molar-refractivity contribution in [1.29, 1.82) is 0 Å². The Bertz CT molecular complexity index is 645. The van der Waals surface area contributed by atoms with E-state index < -0.39 is 5.97 Å². The Morgan fingerprint density at radius 3 is 2.45 bits per heavy atom. The first-order chi connectivity index (χ1) is 9.60. The van der Waals surface area contributed by atoms with Gasteiger partial charge in [-0.25, -0.2) is 9.18 Å². The molecule has 0 heterocycles. The summed E-state index contributed by atoms with van der Waals surface area (Å²) < 4.78 is 18.1. The Labute approximate surface area is 115 Å². The summed E-state index contributed by atoms with van der Waals surface area (Å²) in [4.78, 5) is 11.0. The van der Waals surface area contributed by atoms with Gasteiger partial charge in [0.25, 0.3) is 0 Å². The van der Waals surface area contributed by atoms with Gasteiger partial charge in [0.1, 0.15) is 11.6 Å². The summed E-state index contributed by atoms with van der Waals surface area (Å²) >= 11 is 0. The van der Waals surface area contributed by atoms with Crippen LogP contribution in [0.2, 0.25) is 0 Å². The molecule has 0 bridgehead atoms. The largest absolute Gasteiger partial charge is 0.497 e. The van der Waals surface area contributed by atoms with Crippen molar-refractivity contribution in [3.63, 3.8) is 0 Å². The van der Waals surface area contributed by atoms with Gasteiger partial charge in [-0.05, 0) is 41.0 Å². The summed E-state index contributed by atoms with van der Waals surface area (Å²) in [6.45, 7) is 0. The van der Waals surface area contributed by atoms with Crippen LogP contribution in [-0.2, 0) is 4.79 Å². The Morgan fingerprint density at radius 2 is 1.85 bits per heavy atom. The van der Waals surface area contributed by atoms with Crippen molar-refractivity contribution in [2.24, 2.45) is 0 Å². The topological polar surface area (TPSA) is 46.5 Å². The maximum absolute atomic E-state index is 13.0. The van der Waals surface area contributed by atoms with E-state index in [4.69, 9.17) is 9.84 Å². The van der Waals surface area contributed by atoms with E-state index in [1.165, 1.54) is 19.2 Å². The third kappa shape index (κ3) is 3.23. The van der Waals surface area contributed by atoms with Crippen molar-refractivity contribution >= 4 is 11.5 Å². The first-order valence-electron chi connectivity index (χ1n) is 5.95. The lowest BCUT2D eigenvalue weighted by Gasteiger charge is -2.09. The highest BCUT2D eigenvalue weighted by Crippen LogP contribution is 2.26. The number of aliphatic carboxylic acids is 1. The maximum atomic E-state index is 13.0. The van der Waals surface area contributed by atoms with Crippen LogP contribution in [0.5, 0.6) is 5.75 Å². The van der Waals surface area contributed by atoms with Crippen molar-refractivity contribution < 1.29 is 19.0 Å². The van der Waals surface area contributed by atoms with Gasteiger partial charge >= 0.3 is 5.97 Å². The molecule has 2 aromatic rings. The van der Waals surface area contributed by atoms with E-state index >= 15 is 0 Å². The van der Waals surface area contributed by atoms with Gasteiger partial charge in [-0.1, -0.05) is 24.3 Å². The zero-order chi connectivity index (χ0) is 14.5. The molecule has 0 aliphatic rings. The number of ether oxygens (including phenoxy) is 1. The average molecular weight is 272 g/mol. The van der Waals surface area contributed by atoms with E-state index in [0.29, 0.717) is 22.4 Å². The number of benzene rings is 2.